The third-order valence-corrected chi connectivity index (χ3v) is 4.42. The first-order valence-electron chi connectivity index (χ1n) is 6.61. The van der Waals surface area contributed by atoms with Gasteiger partial charge in [-0.25, -0.2) is 4.39 Å². The zero-order valence-electron chi connectivity index (χ0n) is 11.7. The molecule has 2 rings (SSSR count). The van der Waals surface area contributed by atoms with Crippen LogP contribution in [0.3, 0.4) is 0 Å². The number of hydrogen-bond donors (Lipinski definition) is 1. The van der Waals surface area contributed by atoms with E-state index >= 15 is 0 Å². The first-order chi connectivity index (χ1) is 10.2. The van der Waals surface area contributed by atoms with Crippen molar-refractivity contribution in [1.29, 1.82) is 0 Å². The maximum Gasteiger partial charge on any atom is 0.137 e. The van der Waals surface area contributed by atoms with Gasteiger partial charge < -0.3 is 10.1 Å². The predicted octanol–water partition coefficient (Wildman–Crippen LogP) is 4.37. The van der Waals surface area contributed by atoms with Crippen LogP contribution in [-0.4, -0.2) is 20.3 Å². The topological polar surface area (TPSA) is 21.3 Å². The molecule has 112 valence electrons. The molecule has 2 aromatic rings. The normalized spacial score (nSPS) is 10.8. The van der Waals surface area contributed by atoms with E-state index in [1.54, 1.807) is 19.2 Å². The van der Waals surface area contributed by atoms with Gasteiger partial charge in [-0.05, 0) is 29.8 Å². The Morgan fingerprint density at radius 2 is 2.00 bits per heavy atom. The molecule has 0 saturated carbocycles. The summed E-state index contributed by atoms with van der Waals surface area (Å²) in [6, 6.07) is 12.5. The summed E-state index contributed by atoms with van der Waals surface area (Å²) in [6.45, 7) is 2.20. The summed E-state index contributed by atoms with van der Waals surface area (Å²) in [4.78, 5) is 1.42. The molecule has 0 radical (unpaired) electrons. The van der Waals surface area contributed by atoms with Gasteiger partial charge in [-0.3, -0.25) is 0 Å². The summed E-state index contributed by atoms with van der Waals surface area (Å²) >= 11 is 7.61. The minimum absolute atomic E-state index is 0.233. The van der Waals surface area contributed by atoms with E-state index in [-0.39, 0.29) is 5.82 Å². The molecular weight excluding hydrogens is 309 g/mol. The zero-order valence-corrected chi connectivity index (χ0v) is 13.3. The molecule has 0 heterocycles. The third-order valence-electron chi connectivity index (χ3n) is 2.86. The molecule has 0 aliphatic carbocycles. The lowest BCUT2D eigenvalue weighted by atomic mass is 10.2. The van der Waals surface area contributed by atoms with Crippen LogP contribution in [0.5, 0.6) is 0 Å². The molecule has 0 aliphatic rings. The van der Waals surface area contributed by atoms with Crippen LogP contribution in [0.25, 0.3) is 0 Å². The van der Waals surface area contributed by atoms with Gasteiger partial charge in [-0.15, -0.1) is 0 Å². The van der Waals surface area contributed by atoms with E-state index in [1.165, 1.54) is 17.8 Å². The van der Waals surface area contributed by atoms with Gasteiger partial charge in [-0.2, -0.15) is 0 Å². The van der Waals surface area contributed by atoms with Crippen LogP contribution >= 0.6 is 23.4 Å². The lowest BCUT2D eigenvalue weighted by molar-refractivity contribution is 0.199. The number of benzene rings is 2. The van der Waals surface area contributed by atoms with Crippen LogP contribution in [-0.2, 0) is 11.3 Å². The van der Waals surface area contributed by atoms with E-state index in [4.69, 9.17) is 16.3 Å². The van der Waals surface area contributed by atoms with Crippen molar-refractivity contribution in [3.8, 4) is 0 Å². The summed E-state index contributed by atoms with van der Waals surface area (Å²) < 4.78 is 18.6. The molecule has 0 fully saturated rings. The predicted molar refractivity (Wildman–Crippen MR) is 85.6 cm³/mol. The minimum atomic E-state index is -0.233. The number of rotatable bonds is 7. The fourth-order valence-electron chi connectivity index (χ4n) is 1.79. The van der Waals surface area contributed by atoms with Crippen molar-refractivity contribution >= 4 is 23.4 Å². The lowest BCUT2D eigenvalue weighted by Gasteiger charge is -2.08. The molecule has 0 amide bonds. The maximum absolute atomic E-state index is 13.6. The highest BCUT2D eigenvalue weighted by molar-refractivity contribution is 7.99. The Morgan fingerprint density at radius 3 is 2.71 bits per heavy atom. The highest BCUT2D eigenvalue weighted by atomic mass is 35.5. The molecule has 2 aromatic carbocycles. The number of hydrogen-bond acceptors (Lipinski definition) is 3. The van der Waals surface area contributed by atoms with Gasteiger partial charge >= 0.3 is 0 Å². The van der Waals surface area contributed by atoms with E-state index < -0.39 is 0 Å². The van der Waals surface area contributed by atoms with Crippen LogP contribution in [0.15, 0.2) is 52.3 Å². The van der Waals surface area contributed by atoms with E-state index in [0.29, 0.717) is 16.5 Å². The van der Waals surface area contributed by atoms with Gasteiger partial charge in [0.25, 0.3) is 0 Å². The second kappa shape index (κ2) is 8.39. The SMILES string of the molecule is COCCNCc1ccc(Sc2ccccc2F)c(Cl)c1. The molecule has 0 spiro atoms. The lowest BCUT2D eigenvalue weighted by Crippen LogP contribution is -2.18. The molecule has 5 heteroatoms. The van der Waals surface area contributed by atoms with Crippen molar-refractivity contribution in [2.24, 2.45) is 0 Å². The Labute approximate surface area is 133 Å². The molecule has 21 heavy (non-hydrogen) atoms. The maximum atomic E-state index is 13.6. The van der Waals surface area contributed by atoms with Crippen molar-refractivity contribution < 1.29 is 9.13 Å². The second-order valence-corrected chi connectivity index (χ2v) is 5.96. The molecule has 0 aromatic heterocycles. The third kappa shape index (κ3) is 5.00. The molecule has 0 aliphatic heterocycles. The Bertz CT molecular complexity index is 594. The Morgan fingerprint density at radius 1 is 1.19 bits per heavy atom. The molecule has 1 N–H and O–H groups in total. The van der Waals surface area contributed by atoms with Gasteiger partial charge in [0.1, 0.15) is 5.82 Å². The molecule has 0 atom stereocenters. The summed E-state index contributed by atoms with van der Waals surface area (Å²) in [6.07, 6.45) is 0. The second-order valence-electron chi connectivity index (χ2n) is 4.47. The fourth-order valence-corrected chi connectivity index (χ4v) is 2.95. The highest BCUT2D eigenvalue weighted by Crippen LogP contribution is 2.34. The first kappa shape index (κ1) is 16.3. The van der Waals surface area contributed by atoms with Crippen LogP contribution in [0.1, 0.15) is 5.56 Å². The monoisotopic (exact) mass is 325 g/mol. The zero-order chi connectivity index (χ0) is 15.1. The van der Waals surface area contributed by atoms with Crippen molar-refractivity contribution in [3.05, 3.63) is 58.9 Å². The number of ether oxygens (including phenoxy) is 1. The van der Waals surface area contributed by atoms with Gasteiger partial charge in [0.05, 0.1) is 11.6 Å². The number of halogens is 2. The number of methoxy groups -OCH3 is 1. The van der Waals surface area contributed by atoms with Crippen LogP contribution in [0.2, 0.25) is 5.02 Å². The fraction of sp³-hybridized carbons (Fsp3) is 0.250. The van der Waals surface area contributed by atoms with Crippen LogP contribution < -0.4 is 5.32 Å². The molecule has 0 unspecified atom stereocenters. The van der Waals surface area contributed by atoms with E-state index in [2.05, 4.69) is 5.32 Å². The molecule has 2 nitrogen and oxygen atoms in total. The van der Waals surface area contributed by atoms with Gasteiger partial charge in [0.2, 0.25) is 0 Å². The van der Waals surface area contributed by atoms with Crippen molar-refractivity contribution in [1.82, 2.24) is 5.32 Å². The van der Waals surface area contributed by atoms with E-state index in [1.807, 2.05) is 24.3 Å². The van der Waals surface area contributed by atoms with Crippen molar-refractivity contribution in [3.63, 3.8) is 0 Å². The quantitative estimate of drug-likeness (QED) is 0.764. The molecule has 0 bridgehead atoms. The van der Waals surface area contributed by atoms with Crippen LogP contribution in [0.4, 0.5) is 4.39 Å². The van der Waals surface area contributed by atoms with E-state index in [0.717, 1.165) is 23.5 Å². The van der Waals surface area contributed by atoms with Gasteiger partial charge in [0.15, 0.2) is 0 Å². The molecule has 0 saturated heterocycles. The largest absolute Gasteiger partial charge is 0.383 e. The van der Waals surface area contributed by atoms with Crippen molar-refractivity contribution in [2.45, 2.75) is 16.3 Å². The summed E-state index contributed by atoms with van der Waals surface area (Å²) in [5.74, 6) is -0.233. The van der Waals surface area contributed by atoms with Crippen LogP contribution in [0, 0.1) is 5.82 Å². The first-order valence-corrected chi connectivity index (χ1v) is 7.80. The average molecular weight is 326 g/mol. The Balaban J connectivity index is 2.01. The minimum Gasteiger partial charge on any atom is -0.383 e. The highest BCUT2D eigenvalue weighted by Gasteiger charge is 2.07. The number of nitrogens with one attached hydrogen (secondary N) is 1. The van der Waals surface area contributed by atoms with E-state index in [9.17, 15) is 4.39 Å². The van der Waals surface area contributed by atoms with Crippen molar-refractivity contribution in [2.75, 3.05) is 20.3 Å². The standard InChI is InChI=1S/C16H17ClFNOS/c1-20-9-8-19-11-12-6-7-15(13(17)10-12)21-16-5-3-2-4-14(16)18/h2-7,10,19H,8-9,11H2,1H3. The average Bonchev–Trinajstić information content (AvgIpc) is 2.48. The van der Waals surface area contributed by atoms with Gasteiger partial charge in [-0.1, -0.05) is 41.6 Å². The van der Waals surface area contributed by atoms with Gasteiger partial charge in [0, 0.05) is 30.0 Å². The molecular formula is C16H17ClFNOS. The summed E-state index contributed by atoms with van der Waals surface area (Å²) in [5, 5.41) is 3.89. The summed E-state index contributed by atoms with van der Waals surface area (Å²) in [7, 11) is 1.67. The smallest absolute Gasteiger partial charge is 0.137 e. The summed E-state index contributed by atoms with van der Waals surface area (Å²) in [5.41, 5.74) is 1.09. The Kier molecular flexibility index (Phi) is 6.51. The Hall–Kier alpha value is -1.07.